The predicted molar refractivity (Wildman–Crippen MR) is 176 cm³/mol. The summed E-state index contributed by atoms with van der Waals surface area (Å²) >= 11 is 12.6. The molecule has 2 aliphatic rings. The van der Waals surface area contributed by atoms with Crippen LogP contribution in [-0.2, 0) is 19.1 Å². The minimum atomic E-state index is -1.98. The molecule has 1 aliphatic carbocycles. The Labute approximate surface area is 275 Å². The summed E-state index contributed by atoms with van der Waals surface area (Å²) in [4.78, 5) is 59.6. The van der Waals surface area contributed by atoms with Crippen molar-refractivity contribution >= 4 is 58.5 Å². The van der Waals surface area contributed by atoms with E-state index >= 15 is 9.59 Å². The zero-order valence-corrected chi connectivity index (χ0v) is 26.3. The maximum Gasteiger partial charge on any atom is 0.355 e. The molecule has 1 spiro atoms. The van der Waals surface area contributed by atoms with E-state index in [9.17, 15) is 9.59 Å². The Bertz CT molecular complexity index is 1880. The van der Waals surface area contributed by atoms with Crippen molar-refractivity contribution in [2.24, 2.45) is 5.41 Å². The van der Waals surface area contributed by atoms with Gasteiger partial charge in [-0.05, 0) is 47.5 Å². The Morgan fingerprint density at radius 1 is 0.717 bits per heavy atom. The highest BCUT2D eigenvalue weighted by molar-refractivity contribution is 6.33. The third-order valence-corrected chi connectivity index (χ3v) is 9.02. The number of hydrogen-bond donors (Lipinski definition) is 0. The number of carbonyl (C=O) groups excluding carboxylic acids is 4. The average Bonchev–Trinajstić information content (AvgIpc) is 3.30. The molecule has 1 heterocycles. The number of ether oxygens (including phenoxy) is 2. The fourth-order valence-electron chi connectivity index (χ4n) is 6.58. The molecule has 1 aliphatic heterocycles. The molecule has 6 rings (SSSR count). The summed E-state index contributed by atoms with van der Waals surface area (Å²) in [5.74, 6) is -4.05. The number of fused-ring (bicyclic) bond motifs is 1. The first-order valence-corrected chi connectivity index (χ1v) is 15.1. The van der Waals surface area contributed by atoms with Crippen LogP contribution in [0.15, 0.2) is 120 Å². The zero-order valence-electron chi connectivity index (χ0n) is 24.8. The Hall–Kier alpha value is -4.98. The molecule has 0 fully saturated rings. The number of esters is 2. The second-order valence-corrected chi connectivity index (χ2v) is 11.7. The van der Waals surface area contributed by atoms with Gasteiger partial charge in [0.15, 0.2) is 11.6 Å². The topological polar surface area (TPSA) is 90.0 Å². The highest BCUT2D eigenvalue weighted by atomic mass is 35.5. The first kappa shape index (κ1) is 31.0. The number of benzene rings is 4. The lowest BCUT2D eigenvalue weighted by Crippen LogP contribution is -2.61. The summed E-state index contributed by atoms with van der Waals surface area (Å²) in [6.07, 6.45) is 3.52. The molecule has 7 nitrogen and oxygen atoms in total. The molecule has 0 aromatic heterocycles. The van der Waals surface area contributed by atoms with Crippen LogP contribution in [0.2, 0.25) is 10.0 Å². The summed E-state index contributed by atoms with van der Waals surface area (Å²) in [7, 11) is 2.37. The van der Waals surface area contributed by atoms with Gasteiger partial charge in [-0.15, -0.1) is 0 Å². The van der Waals surface area contributed by atoms with Crippen molar-refractivity contribution in [2.45, 2.75) is 12.0 Å². The number of hydrogen-bond acceptors (Lipinski definition) is 7. The van der Waals surface area contributed by atoms with E-state index in [1.165, 1.54) is 19.1 Å². The molecule has 0 amide bonds. The largest absolute Gasteiger partial charge is 0.466 e. The number of carbonyl (C=O) groups is 4. The fraction of sp³-hybridized carbons (Fsp3) is 0.135. The number of halogens is 2. The van der Waals surface area contributed by atoms with Crippen LogP contribution < -0.4 is 4.90 Å². The lowest BCUT2D eigenvalue weighted by Gasteiger charge is -2.50. The molecule has 0 saturated heterocycles. The third-order valence-electron chi connectivity index (χ3n) is 8.52. The molecule has 4 aromatic carbocycles. The second kappa shape index (κ2) is 12.4. The number of ketones is 2. The van der Waals surface area contributed by atoms with Crippen molar-refractivity contribution in [3.8, 4) is 0 Å². The van der Waals surface area contributed by atoms with Gasteiger partial charge >= 0.3 is 11.9 Å². The molecular formula is C37H27Cl2NO6. The highest BCUT2D eigenvalue weighted by Crippen LogP contribution is 2.59. The van der Waals surface area contributed by atoms with E-state index in [0.717, 1.165) is 5.56 Å². The van der Waals surface area contributed by atoms with Gasteiger partial charge in [-0.2, -0.15) is 0 Å². The van der Waals surface area contributed by atoms with Crippen LogP contribution in [0.1, 0.15) is 37.8 Å². The molecular weight excluding hydrogens is 625 g/mol. The minimum absolute atomic E-state index is 0.179. The predicted octanol–water partition coefficient (Wildman–Crippen LogP) is 7.34. The van der Waals surface area contributed by atoms with E-state index in [4.69, 9.17) is 32.7 Å². The van der Waals surface area contributed by atoms with Crippen LogP contribution in [0, 0.1) is 5.41 Å². The summed E-state index contributed by atoms with van der Waals surface area (Å²) in [6, 6.07) is 27.8. The van der Waals surface area contributed by atoms with Crippen molar-refractivity contribution in [1.29, 1.82) is 0 Å². The molecule has 0 bridgehead atoms. The molecule has 0 radical (unpaired) electrons. The quantitative estimate of drug-likeness (QED) is 0.159. The van der Waals surface area contributed by atoms with E-state index in [0.29, 0.717) is 21.3 Å². The second-order valence-electron chi connectivity index (χ2n) is 10.9. The lowest BCUT2D eigenvalue weighted by atomic mass is 9.58. The molecule has 230 valence electrons. The van der Waals surface area contributed by atoms with Gasteiger partial charge < -0.3 is 14.4 Å². The van der Waals surface area contributed by atoms with Crippen LogP contribution >= 0.6 is 23.2 Å². The summed E-state index contributed by atoms with van der Waals surface area (Å²) < 4.78 is 10.6. The summed E-state index contributed by atoms with van der Waals surface area (Å²) in [5.41, 5.74) is -0.350. The van der Waals surface area contributed by atoms with Crippen LogP contribution in [0.5, 0.6) is 0 Å². The Morgan fingerprint density at radius 2 is 1.24 bits per heavy atom. The van der Waals surface area contributed by atoms with Crippen LogP contribution in [0.4, 0.5) is 5.69 Å². The molecule has 4 aromatic rings. The maximum absolute atomic E-state index is 15.1. The lowest BCUT2D eigenvalue weighted by molar-refractivity contribution is -0.140. The monoisotopic (exact) mass is 651 g/mol. The molecule has 2 atom stereocenters. The summed E-state index contributed by atoms with van der Waals surface area (Å²) in [5, 5.41) is 0.823. The van der Waals surface area contributed by atoms with Gasteiger partial charge in [0.2, 0.25) is 0 Å². The van der Waals surface area contributed by atoms with E-state index in [2.05, 4.69) is 0 Å². The number of rotatable bonds is 6. The third kappa shape index (κ3) is 4.92. The van der Waals surface area contributed by atoms with Crippen LogP contribution in [0.25, 0.3) is 6.08 Å². The molecule has 9 heteroatoms. The number of Topliss-reactive ketones (excluding diaryl/α,β-unsaturated/α-hetero) is 2. The van der Waals surface area contributed by atoms with Crippen LogP contribution in [-0.4, -0.2) is 43.8 Å². The smallest absolute Gasteiger partial charge is 0.355 e. The van der Waals surface area contributed by atoms with Gasteiger partial charge in [-0.25, -0.2) is 9.59 Å². The van der Waals surface area contributed by atoms with Gasteiger partial charge in [0.25, 0.3) is 0 Å². The van der Waals surface area contributed by atoms with Gasteiger partial charge in [0.1, 0.15) is 11.1 Å². The number of nitrogens with zero attached hydrogens (tertiary/aromatic N) is 1. The van der Waals surface area contributed by atoms with E-state index in [-0.39, 0.29) is 22.4 Å². The van der Waals surface area contributed by atoms with Crippen molar-refractivity contribution in [2.75, 3.05) is 19.1 Å². The van der Waals surface area contributed by atoms with Gasteiger partial charge in [-0.3, -0.25) is 9.59 Å². The normalized spacial score (nSPS) is 18.7. The SMILES string of the molecule is COC(=O)C1=C(C(=O)OC)N(c2ccc(Cl)cc2)C(/C=C/c2ccccc2)C2(C(=O)c3ccccc3C2=O)C1c1ccc(Cl)cc1. The first-order valence-electron chi connectivity index (χ1n) is 14.4. The van der Waals surface area contributed by atoms with Crippen molar-refractivity contribution in [3.05, 3.63) is 153 Å². The van der Waals surface area contributed by atoms with E-state index < -0.39 is 40.9 Å². The van der Waals surface area contributed by atoms with E-state index in [1.807, 2.05) is 30.3 Å². The molecule has 0 saturated carbocycles. The Kier molecular flexibility index (Phi) is 8.38. The van der Waals surface area contributed by atoms with Crippen molar-refractivity contribution < 1.29 is 28.7 Å². The Morgan fingerprint density at radius 3 is 1.78 bits per heavy atom. The van der Waals surface area contributed by atoms with Gasteiger partial charge in [0, 0.05) is 32.8 Å². The van der Waals surface area contributed by atoms with Crippen molar-refractivity contribution in [3.63, 3.8) is 0 Å². The summed E-state index contributed by atoms with van der Waals surface area (Å²) in [6.45, 7) is 0. The number of anilines is 1. The van der Waals surface area contributed by atoms with E-state index in [1.54, 1.807) is 84.9 Å². The minimum Gasteiger partial charge on any atom is -0.466 e. The standard InChI is InChI=1S/C37H27Cl2NO6/c1-45-35(43)30-31(23-13-15-24(38)16-14-23)37(33(41)27-10-6-7-11-28(27)34(37)42)29(21-12-22-8-4-3-5-9-22)40(32(30)36(44)46-2)26-19-17-25(39)18-20-26/h3-21,29,31H,1-2H3/b21-12+. The Balaban J connectivity index is 1.80. The first-order chi connectivity index (χ1) is 22.2. The fourth-order valence-corrected chi connectivity index (χ4v) is 6.83. The van der Waals surface area contributed by atoms with Crippen molar-refractivity contribution in [1.82, 2.24) is 0 Å². The maximum atomic E-state index is 15.1. The molecule has 0 N–H and O–H groups in total. The average molecular weight is 653 g/mol. The highest BCUT2D eigenvalue weighted by Gasteiger charge is 2.68. The zero-order chi connectivity index (χ0) is 32.6. The molecule has 2 unspecified atom stereocenters. The molecule has 46 heavy (non-hydrogen) atoms. The van der Waals surface area contributed by atoms with Gasteiger partial charge in [0.05, 0.1) is 25.8 Å². The van der Waals surface area contributed by atoms with Crippen LogP contribution in [0.3, 0.4) is 0 Å². The number of methoxy groups -OCH3 is 2. The van der Waals surface area contributed by atoms with Gasteiger partial charge in [-0.1, -0.05) is 102 Å².